The summed E-state index contributed by atoms with van der Waals surface area (Å²) < 4.78 is 0. The molecule has 0 spiro atoms. The molecule has 0 saturated heterocycles. The summed E-state index contributed by atoms with van der Waals surface area (Å²) in [5.41, 5.74) is 2.28. The fraction of sp³-hybridized carbons (Fsp3) is 0.833. The Kier molecular flexibility index (Phi) is 1.82. The molecule has 12 heavy (non-hydrogen) atoms. The lowest BCUT2D eigenvalue weighted by Crippen LogP contribution is -2.18. The van der Waals surface area contributed by atoms with Crippen LogP contribution in [0.2, 0.25) is 0 Å². The van der Waals surface area contributed by atoms with E-state index in [0.717, 1.165) is 11.8 Å². The van der Waals surface area contributed by atoms with E-state index in [9.17, 15) is 0 Å². The molecule has 0 N–H and O–H groups in total. The fourth-order valence-electron chi connectivity index (χ4n) is 2.98. The molecule has 0 aromatic rings. The van der Waals surface area contributed by atoms with Crippen LogP contribution in [0.1, 0.15) is 46.5 Å². The Bertz CT molecular complexity index is 210. The van der Waals surface area contributed by atoms with E-state index in [1.807, 2.05) is 0 Å². The number of hydrogen-bond acceptors (Lipinski definition) is 0. The molecule has 2 unspecified atom stereocenters. The highest BCUT2D eigenvalue weighted by atomic mass is 14.5. The minimum Gasteiger partial charge on any atom is -0.0845 e. The zero-order valence-electron chi connectivity index (χ0n) is 8.56. The van der Waals surface area contributed by atoms with Crippen molar-refractivity contribution in [3.8, 4) is 0 Å². The maximum Gasteiger partial charge on any atom is -0.0116 e. The average molecular weight is 164 g/mol. The van der Waals surface area contributed by atoms with Crippen LogP contribution < -0.4 is 0 Å². The van der Waals surface area contributed by atoms with Crippen molar-refractivity contribution in [2.24, 2.45) is 17.3 Å². The van der Waals surface area contributed by atoms with Gasteiger partial charge in [-0.1, -0.05) is 32.4 Å². The molecule has 0 aliphatic heterocycles. The number of fused-ring (bicyclic) bond motifs is 1. The minimum atomic E-state index is 0.505. The van der Waals surface area contributed by atoms with E-state index in [4.69, 9.17) is 0 Å². The Morgan fingerprint density at radius 1 is 1.42 bits per heavy atom. The molecule has 0 heteroatoms. The van der Waals surface area contributed by atoms with E-state index in [1.54, 1.807) is 5.57 Å². The lowest BCUT2D eigenvalue weighted by molar-refractivity contribution is 0.331. The quantitative estimate of drug-likeness (QED) is 0.478. The second kappa shape index (κ2) is 2.61. The standard InChI is InChI=1S/C12H20/c1-9-8-10-6-4-5-7-11(10)12(9,2)3/h7,9-10H,4-6,8H2,1-3H3. The molecule has 1 saturated carbocycles. The third kappa shape index (κ3) is 1.04. The molecular formula is C12H20. The van der Waals surface area contributed by atoms with Gasteiger partial charge in [-0.05, 0) is 42.9 Å². The third-order valence-corrected chi connectivity index (χ3v) is 4.17. The van der Waals surface area contributed by atoms with Gasteiger partial charge in [-0.15, -0.1) is 0 Å². The van der Waals surface area contributed by atoms with Crippen molar-refractivity contribution in [1.29, 1.82) is 0 Å². The van der Waals surface area contributed by atoms with Crippen molar-refractivity contribution in [1.82, 2.24) is 0 Å². The Balaban J connectivity index is 2.31. The van der Waals surface area contributed by atoms with E-state index in [0.29, 0.717) is 5.41 Å². The largest absolute Gasteiger partial charge is 0.0845 e. The average Bonchev–Trinajstić information content (AvgIpc) is 2.25. The van der Waals surface area contributed by atoms with Gasteiger partial charge in [0, 0.05) is 0 Å². The van der Waals surface area contributed by atoms with Gasteiger partial charge >= 0.3 is 0 Å². The minimum absolute atomic E-state index is 0.505. The number of rotatable bonds is 0. The van der Waals surface area contributed by atoms with Crippen molar-refractivity contribution >= 4 is 0 Å². The van der Waals surface area contributed by atoms with Gasteiger partial charge in [-0.2, -0.15) is 0 Å². The summed E-state index contributed by atoms with van der Waals surface area (Å²) in [5.74, 6) is 1.84. The summed E-state index contributed by atoms with van der Waals surface area (Å²) in [5, 5.41) is 0. The topological polar surface area (TPSA) is 0 Å². The van der Waals surface area contributed by atoms with Crippen LogP contribution in [0.25, 0.3) is 0 Å². The van der Waals surface area contributed by atoms with Crippen LogP contribution in [0.5, 0.6) is 0 Å². The van der Waals surface area contributed by atoms with Gasteiger partial charge in [0.05, 0.1) is 0 Å². The SMILES string of the molecule is CC1CC2CCCC=C2C1(C)C. The molecule has 2 aliphatic rings. The first kappa shape index (κ1) is 8.34. The van der Waals surface area contributed by atoms with E-state index >= 15 is 0 Å². The Labute approximate surface area is 76.1 Å². The highest BCUT2D eigenvalue weighted by Crippen LogP contribution is 2.53. The zero-order chi connectivity index (χ0) is 8.77. The van der Waals surface area contributed by atoms with Crippen LogP contribution in [-0.4, -0.2) is 0 Å². The lowest BCUT2D eigenvalue weighted by Gasteiger charge is -2.28. The van der Waals surface area contributed by atoms with Gasteiger partial charge in [-0.3, -0.25) is 0 Å². The molecule has 68 valence electrons. The summed E-state index contributed by atoms with van der Waals surface area (Å²) in [6, 6.07) is 0. The monoisotopic (exact) mass is 164 g/mol. The summed E-state index contributed by atoms with van der Waals surface area (Å²) in [6.45, 7) is 7.27. The first-order chi connectivity index (χ1) is 5.62. The Hall–Kier alpha value is -0.260. The van der Waals surface area contributed by atoms with Crippen LogP contribution in [0.4, 0.5) is 0 Å². The van der Waals surface area contributed by atoms with Crippen molar-refractivity contribution in [2.75, 3.05) is 0 Å². The van der Waals surface area contributed by atoms with Gasteiger partial charge in [0.1, 0.15) is 0 Å². The van der Waals surface area contributed by atoms with Crippen molar-refractivity contribution in [2.45, 2.75) is 46.5 Å². The van der Waals surface area contributed by atoms with Crippen molar-refractivity contribution in [3.63, 3.8) is 0 Å². The van der Waals surface area contributed by atoms with Crippen LogP contribution >= 0.6 is 0 Å². The molecule has 0 nitrogen and oxygen atoms in total. The highest BCUT2D eigenvalue weighted by Gasteiger charge is 2.42. The van der Waals surface area contributed by atoms with E-state index in [1.165, 1.54) is 25.7 Å². The Morgan fingerprint density at radius 2 is 2.17 bits per heavy atom. The van der Waals surface area contributed by atoms with Crippen molar-refractivity contribution < 1.29 is 0 Å². The van der Waals surface area contributed by atoms with Gasteiger partial charge in [0.15, 0.2) is 0 Å². The van der Waals surface area contributed by atoms with E-state index in [-0.39, 0.29) is 0 Å². The molecule has 2 atom stereocenters. The highest BCUT2D eigenvalue weighted by molar-refractivity contribution is 5.24. The van der Waals surface area contributed by atoms with E-state index < -0.39 is 0 Å². The molecule has 0 radical (unpaired) electrons. The molecule has 2 rings (SSSR count). The van der Waals surface area contributed by atoms with Gasteiger partial charge < -0.3 is 0 Å². The maximum atomic E-state index is 2.53. The lowest BCUT2D eigenvalue weighted by atomic mass is 9.77. The van der Waals surface area contributed by atoms with Gasteiger partial charge in [0.25, 0.3) is 0 Å². The first-order valence-electron chi connectivity index (χ1n) is 5.33. The van der Waals surface area contributed by atoms with E-state index in [2.05, 4.69) is 26.8 Å². The van der Waals surface area contributed by atoms with Crippen LogP contribution in [0.3, 0.4) is 0 Å². The molecule has 1 fully saturated rings. The molecule has 0 bridgehead atoms. The first-order valence-corrected chi connectivity index (χ1v) is 5.33. The fourth-order valence-corrected chi connectivity index (χ4v) is 2.98. The zero-order valence-corrected chi connectivity index (χ0v) is 8.56. The smallest absolute Gasteiger partial charge is 0.0116 e. The normalized spacial score (nSPS) is 39.1. The molecule has 0 aromatic carbocycles. The predicted octanol–water partition coefficient (Wildman–Crippen LogP) is 3.78. The molecular weight excluding hydrogens is 144 g/mol. The molecule has 0 amide bonds. The van der Waals surface area contributed by atoms with Crippen LogP contribution in [-0.2, 0) is 0 Å². The van der Waals surface area contributed by atoms with Gasteiger partial charge in [-0.25, -0.2) is 0 Å². The molecule has 2 aliphatic carbocycles. The van der Waals surface area contributed by atoms with Gasteiger partial charge in [0.2, 0.25) is 0 Å². The second-order valence-corrected chi connectivity index (χ2v) is 5.15. The molecule has 0 heterocycles. The predicted molar refractivity (Wildman–Crippen MR) is 53.0 cm³/mol. The van der Waals surface area contributed by atoms with Crippen molar-refractivity contribution in [3.05, 3.63) is 11.6 Å². The maximum absolute atomic E-state index is 2.53. The third-order valence-electron chi connectivity index (χ3n) is 4.17. The number of allylic oxidation sites excluding steroid dienone is 2. The second-order valence-electron chi connectivity index (χ2n) is 5.15. The summed E-state index contributed by atoms with van der Waals surface area (Å²) >= 11 is 0. The summed E-state index contributed by atoms with van der Waals surface area (Å²) in [7, 11) is 0. The van der Waals surface area contributed by atoms with Crippen LogP contribution in [0.15, 0.2) is 11.6 Å². The van der Waals surface area contributed by atoms with Crippen LogP contribution in [0, 0.1) is 17.3 Å². The number of hydrogen-bond donors (Lipinski definition) is 0. The summed E-state index contributed by atoms with van der Waals surface area (Å²) in [4.78, 5) is 0. The molecule has 0 aromatic heterocycles. The Morgan fingerprint density at radius 3 is 2.83 bits per heavy atom. The summed E-state index contributed by atoms with van der Waals surface area (Å²) in [6.07, 6.45) is 8.19.